The average Bonchev–Trinajstić information content (AvgIpc) is 2.99. The topological polar surface area (TPSA) is 95.1 Å². The second-order valence-corrected chi connectivity index (χ2v) is 6.63. The van der Waals surface area contributed by atoms with Gasteiger partial charge in [0.25, 0.3) is 0 Å². The largest absolute Gasteiger partial charge is 0.457 e. The van der Waals surface area contributed by atoms with Crippen LogP contribution in [0.1, 0.15) is 5.69 Å². The number of fused-ring (bicyclic) bond motifs is 1. The molecular formula is C21H17F2N5O2. The molecule has 152 valence electrons. The lowest BCUT2D eigenvalue weighted by Crippen LogP contribution is -2.14. The zero-order chi connectivity index (χ0) is 21.3. The van der Waals surface area contributed by atoms with Crippen molar-refractivity contribution in [3.8, 4) is 11.5 Å². The second-order valence-electron chi connectivity index (χ2n) is 6.63. The molecule has 1 amide bonds. The van der Waals surface area contributed by atoms with E-state index in [1.54, 1.807) is 35.9 Å². The molecular weight excluding hydrogens is 392 g/mol. The number of rotatable bonds is 6. The van der Waals surface area contributed by atoms with Crippen LogP contribution in [0.3, 0.4) is 0 Å². The molecule has 0 saturated carbocycles. The summed E-state index contributed by atoms with van der Waals surface area (Å²) in [6.07, 6.45) is 1.56. The van der Waals surface area contributed by atoms with E-state index in [0.29, 0.717) is 34.3 Å². The van der Waals surface area contributed by atoms with Crippen molar-refractivity contribution in [3.63, 3.8) is 0 Å². The van der Waals surface area contributed by atoms with Crippen molar-refractivity contribution >= 4 is 28.6 Å². The Morgan fingerprint density at radius 1 is 1.10 bits per heavy atom. The maximum atomic E-state index is 13.5. The summed E-state index contributed by atoms with van der Waals surface area (Å²) in [6.45, 7) is 0. The zero-order valence-electron chi connectivity index (χ0n) is 15.9. The number of benzene rings is 2. The van der Waals surface area contributed by atoms with Crippen LogP contribution in [-0.4, -0.2) is 20.4 Å². The molecule has 3 N–H and O–H groups in total. The van der Waals surface area contributed by atoms with Gasteiger partial charge >= 0.3 is 0 Å². The van der Waals surface area contributed by atoms with E-state index in [0.717, 1.165) is 17.6 Å². The maximum absolute atomic E-state index is 13.5. The number of aromatic nitrogens is 3. The summed E-state index contributed by atoms with van der Waals surface area (Å²) in [5, 5.41) is 2.98. The highest BCUT2D eigenvalue weighted by atomic mass is 19.2. The van der Waals surface area contributed by atoms with Crippen molar-refractivity contribution in [2.75, 3.05) is 5.32 Å². The molecule has 0 unspecified atom stereocenters. The molecule has 0 saturated heterocycles. The summed E-state index contributed by atoms with van der Waals surface area (Å²) in [5.74, 6) is -0.825. The molecule has 2 aromatic carbocycles. The van der Waals surface area contributed by atoms with E-state index < -0.39 is 17.5 Å². The van der Waals surface area contributed by atoms with E-state index >= 15 is 0 Å². The minimum atomic E-state index is -0.942. The van der Waals surface area contributed by atoms with E-state index in [1.165, 1.54) is 12.3 Å². The van der Waals surface area contributed by atoms with Crippen molar-refractivity contribution in [2.45, 2.75) is 6.42 Å². The fourth-order valence-electron chi connectivity index (χ4n) is 2.99. The number of imidazole rings is 1. The van der Waals surface area contributed by atoms with Gasteiger partial charge in [-0.3, -0.25) is 9.78 Å². The fraction of sp³-hybridized carbons (Fsp3) is 0.0952. The molecule has 7 nitrogen and oxygen atoms in total. The van der Waals surface area contributed by atoms with Gasteiger partial charge in [-0.15, -0.1) is 0 Å². The van der Waals surface area contributed by atoms with E-state index in [-0.39, 0.29) is 6.42 Å². The lowest BCUT2D eigenvalue weighted by atomic mass is 10.2. The van der Waals surface area contributed by atoms with Gasteiger partial charge in [-0.2, -0.15) is 0 Å². The number of anilines is 2. The first-order valence-corrected chi connectivity index (χ1v) is 8.98. The van der Waals surface area contributed by atoms with Crippen LogP contribution in [0.5, 0.6) is 11.5 Å². The maximum Gasteiger partial charge on any atom is 0.223 e. The summed E-state index contributed by atoms with van der Waals surface area (Å²) in [4.78, 5) is 19.7. The predicted octanol–water partition coefficient (Wildman–Crippen LogP) is 3.81. The van der Waals surface area contributed by atoms with Crippen molar-refractivity contribution in [1.82, 2.24) is 14.5 Å². The molecule has 0 aliphatic rings. The lowest BCUT2D eigenvalue weighted by Gasteiger charge is -2.07. The number of nitrogens with two attached hydrogens (primary N) is 1. The number of hydrogen-bond acceptors (Lipinski definition) is 5. The molecule has 30 heavy (non-hydrogen) atoms. The Morgan fingerprint density at radius 3 is 2.67 bits per heavy atom. The Bertz CT molecular complexity index is 1260. The summed E-state index contributed by atoms with van der Waals surface area (Å²) in [7, 11) is 1.80. The van der Waals surface area contributed by atoms with Crippen LogP contribution < -0.4 is 15.8 Å². The normalized spacial score (nSPS) is 10.9. The van der Waals surface area contributed by atoms with E-state index in [1.807, 2.05) is 6.07 Å². The third-order valence-corrected chi connectivity index (χ3v) is 4.41. The first-order valence-electron chi connectivity index (χ1n) is 8.98. The Balaban J connectivity index is 1.59. The zero-order valence-corrected chi connectivity index (χ0v) is 15.9. The first-order chi connectivity index (χ1) is 14.4. The Kier molecular flexibility index (Phi) is 5.01. The number of ether oxygens (including phenoxy) is 1. The number of halogens is 2. The van der Waals surface area contributed by atoms with Crippen LogP contribution in [0.4, 0.5) is 20.4 Å². The van der Waals surface area contributed by atoms with Crippen LogP contribution in [-0.2, 0) is 18.3 Å². The van der Waals surface area contributed by atoms with Crippen molar-refractivity contribution < 1.29 is 18.3 Å². The molecule has 4 aromatic rings. The minimum Gasteiger partial charge on any atom is -0.457 e. The molecule has 2 heterocycles. The molecule has 2 aromatic heterocycles. The van der Waals surface area contributed by atoms with Gasteiger partial charge in [-0.05, 0) is 30.3 Å². The highest BCUT2D eigenvalue weighted by Crippen LogP contribution is 2.28. The molecule has 0 aliphatic heterocycles. The summed E-state index contributed by atoms with van der Waals surface area (Å²) in [6, 6.07) is 12.2. The van der Waals surface area contributed by atoms with Gasteiger partial charge in [-0.25, -0.2) is 13.8 Å². The standard InChI is InChI=1S/C21H17F2N5O2/c1-28-19-5-3-14(30-15-6-7-25-13(8-15)10-20(24)29)11-18(19)27-21(28)26-12-2-4-16(22)17(23)9-12/h2-9,11H,10H2,1H3,(H2,24,29)(H,26,27). The summed E-state index contributed by atoms with van der Waals surface area (Å²) >= 11 is 0. The van der Waals surface area contributed by atoms with Gasteiger partial charge in [0.05, 0.1) is 23.1 Å². The third-order valence-electron chi connectivity index (χ3n) is 4.41. The Morgan fingerprint density at radius 2 is 1.90 bits per heavy atom. The summed E-state index contributed by atoms with van der Waals surface area (Å²) < 4.78 is 34.2. The highest BCUT2D eigenvalue weighted by molar-refractivity contribution is 5.81. The Hall–Kier alpha value is -4.01. The van der Waals surface area contributed by atoms with Gasteiger partial charge in [0.2, 0.25) is 11.9 Å². The van der Waals surface area contributed by atoms with Crippen LogP contribution in [0.25, 0.3) is 11.0 Å². The quantitative estimate of drug-likeness (QED) is 0.505. The predicted molar refractivity (Wildman–Crippen MR) is 108 cm³/mol. The number of carbonyl (C=O) groups excluding carboxylic acids is 1. The van der Waals surface area contributed by atoms with E-state index in [2.05, 4.69) is 15.3 Å². The number of aryl methyl sites for hydroxylation is 1. The number of hydrogen-bond donors (Lipinski definition) is 2. The van der Waals surface area contributed by atoms with Gasteiger partial charge < -0.3 is 20.4 Å². The number of primary amides is 1. The van der Waals surface area contributed by atoms with Gasteiger partial charge in [0.15, 0.2) is 11.6 Å². The van der Waals surface area contributed by atoms with Crippen molar-refractivity contribution in [2.24, 2.45) is 12.8 Å². The van der Waals surface area contributed by atoms with Gasteiger partial charge in [-0.1, -0.05) is 0 Å². The number of nitrogens with zero attached hydrogens (tertiary/aromatic N) is 3. The number of nitrogens with one attached hydrogen (secondary N) is 1. The number of amides is 1. The fourth-order valence-corrected chi connectivity index (χ4v) is 2.99. The van der Waals surface area contributed by atoms with Crippen molar-refractivity contribution in [3.05, 3.63) is 72.1 Å². The number of pyridine rings is 1. The first kappa shape index (κ1) is 19.3. The van der Waals surface area contributed by atoms with Crippen LogP contribution in [0, 0.1) is 11.6 Å². The Labute approximate surface area is 170 Å². The molecule has 0 aliphatic carbocycles. The summed E-state index contributed by atoms with van der Waals surface area (Å²) in [5.41, 5.74) is 7.55. The molecule has 4 rings (SSSR count). The van der Waals surface area contributed by atoms with Crippen LogP contribution in [0.2, 0.25) is 0 Å². The van der Waals surface area contributed by atoms with E-state index in [4.69, 9.17) is 10.5 Å². The second kappa shape index (κ2) is 7.78. The van der Waals surface area contributed by atoms with Crippen molar-refractivity contribution in [1.29, 1.82) is 0 Å². The monoisotopic (exact) mass is 409 g/mol. The molecule has 9 heteroatoms. The molecule has 0 bridgehead atoms. The van der Waals surface area contributed by atoms with Crippen LogP contribution in [0.15, 0.2) is 54.7 Å². The van der Waals surface area contributed by atoms with Crippen LogP contribution >= 0.6 is 0 Å². The lowest BCUT2D eigenvalue weighted by molar-refractivity contribution is -0.117. The SMILES string of the molecule is Cn1c(Nc2ccc(F)c(F)c2)nc2cc(Oc3ccnc(CC(N)=O)c3)ccc21. The van der Waals surface area contributed by atoms with E-state index in [9.17, 15) is 13.6 Å². The van der Waals surface area contributed by atoms with Gasteiger partial charge in [0, 0.05) is 37.1 Å². The minimum absolute atomic E-state index is 0.0233. The number of carbonyl (C=O) groups is 1. The third kappa shape index (κ3) is 4.04. The smallest absolute Gasteiger partial charge is 0.223 e. The molecule has 0 fully saturated rings. The molecule has 0 radical (unpaired) electrons. The highest BCUT2D eigenvalue weighted by Gasteiger charge is 2.11. The van der Waals surface area contributed by atoms with Gasteiger partial charge in [0.1, 0.15) is 11.5 Å². The molecule has 0 spiro atoms. The average molecular weight is 409 g/mol. The molecule has 0 atom stereocenters.